The molecular weight excluding hydrogens is 260 g/mol. The summed E-state index contributed by atoms with van der Waals surface area (Å²) in [5.74, 6) is 0.111. The maximum atomic E-state index is 12.4. The topological polar surface area (TPSA) is 23.6 Å². The molecule has 0 aliphatic rings. The average Bonchev–Trinajstić information content (AvgIpc) is 2.47. The van der Waals surface area contributed by atoms with E-state index in [0.717, 1.165) is 6.54 Å². The molecule has 0 spiro atoms. The van der Waals surface area contributed by atoms with Crippen molar-refractivity contribution in [2.75, 3.05) is 19.6 Å². The molecule has 0 N–H and O–H groups in total. The molecule has 0 radical (unpaired) electrons. The Morgan fingerprint density at radius 1 is 1.14 bits per heavy atom. The molecule has 3 nitrogen and oxygen atoms in total. The molecule has 0 aliphatic heterocycles. The minimum Gasteiger partial charge on any atom is -0.334 e. The van der Waals surface area contributed by atoms with Gasteiger partial charge in [0.1, 0.15) is 0 Å². The monoisotopic (exact) mass is 286 g/mol. The van der Waals surface area contributed by atoms with Crippen molar-refractivity contribution < 1.29 is 4.79 Å². The molecule has 0 unspecified atom stereocenters. The van der Waals surface area contributed by atoms with E-state index in [1.165, 1.54) is 5.56 Å². The van der Waals surface area contributed by atoms with Crippen LogP contribution in [0.15, 0.2) is 55.6 Å². The van der Waals surface area contributed by atoms with Gasteiger partial charge in [0, 0.05) is 25.7 Å². The fraction of sp³-hybridized carbons (Fsp3) is 0.389. The number of nitrogens with zero attached hydrogens (tertiary/aromatic N) is 2. The lowest BCUT2D eigenvalue weighted by Crippen LogP contribution is -2.42. The first-order valence-corrected chi connectivity index (χ1v) is 7.36. The summed E-state index contributed by atoms with van der Waals surface area (Å²) >= 11 is 0. The third kappa shape index (κ3) is 5.96. The number of rotatable bonds is 9. The fourth-order valence-electron chi connectivity index (χ4n) is 2.10. The molecule has 1 amide bonds. The molecule has 114 valence electrons. The minimum absolute atomic E-state index is 0.111. The lowest BCUT2D eigenvalue weighted by Gasteiger charge is -2.29. The molecule has 1 aromatic rings. The van der Waals surface area contributed by atoms with Crippen LogP contribution in [0.25, 0.3) is 0 Å². The Balaban J connectivity index is 2.70. The molecule has 0 aliphatic carbocycles. The Kier molecular flexibility index (Phi) is 7.48. The normalized spacial score (nSPS) is 10.7. The van der Waals surface area contributed by atoms with Gasteiger partial charge in [-0.25, -0.2) is 0 Å². The van der Waals surface area contributed by atoms with E-state index in [4.69, 9.17) is 0 Å². The van der Waals surface area contributed by atoms with E-state index in [1.807, 2.05) is 18.2 Å². The second kappa shape index (κ2) is 9.14. The van der Waals surface area contributed by atoms with Crippen molar-refractivity contribution in [2.24, 2.45) is 0 Å². The molecular formula is C18H26N2O. The highest BCUT2D eigenvalue weighted by Crippen LogP contribution is 2.09. The summed E-state index contributed by atoms with van der Waals surface area (Å²) in [4.78, 5) is 16.4. The van der Waals surface area contributed by atoms with Crippen LogP contribution >= 0.6 is 0 Å². The van der Waals surface area contributed by atoms with Crippen molar-refractivity contribution in [1.29, 1.82) is 0 Å². The number of amides is 1. The van der Waals surface area contributed by atoms with E-state index < -0.39 is 0 Å². The maximum absolute atomic E-state index is 12.4. The quantitative estimate of drug-likeness (QED) is 0.651. The van der Waals surface area contributed by atoms with E-state index in [1.54, 1.807) is 17.1 Å². The fourth-order valence-corrected chi connectivity index (χ4v) is 2.10. The van der Waals surface area contributed by atoms with E-state index in [9.17, 15) is 4.79 Å². The Hall–Kier alpha value is -1.87. The number of hydrogen-bond acceptors (Lipinski definition) is 2. The summed E-state index contributed by atoms with van der Waals surface area (Å²) in [6.07, 6.45) is 3.50. The molecule has 0 saturated carbocycles. The molecule has 0 aromatic heterocycles. The predicted octanol–water partition coefficient (Wildman–Crippen LogP) is 3.10. The molecule has 1 aromatic carbocycles. The van der Waals surface area contributed by atoms with Crippen LogP contribution in [0, 0.1) is 0 Å². The highest BCUT2D eigenvalue weighted by molar-refractivity contribution is 5.78. The summed E-state index contributed by atoms with van der Waals surface area (Å²) in [6, 6.07) is 10.5. The molecule has 0 atom stereocenters. The van der Waals surface area contributed by atoms with Gasteiger partial charge in [-0.05, 0) is 19.4 Å². The zero-order chi connectivity index (χ0) is 15.7. The SMILES string of the molecule is C=CCN(CC=C)C(=O)CN(Cc1ccccc1)C(C)C. The van der Waals surface area contributed by atoms with Crippen molar-refractivity contribution in [3.63, 3.8) is 0 Å². The summed E-state index contributed by atoms with van der Waals surface area (Å²) in [7, 11) is 0. The third-order valence-corrected chi connectivity index (χ3v) is 3.35. The van der Waals surface area contributed by atoms with Crippen molar-refractivity contribution in [3.8, 4) is 0 Å². The minimum atomic E-state index is 0.111. The van der Waals surface area contributed by atoms with Gasteiger partial charge in [0.05, 0.1) is 6.54 Å². The molecule has 1 rings (SSSR count). The van der Waals surface area contributed by atoms with E-state index in [2.05, 4.69) is 44.0 Å². The van der Waals surface area contributed by atoms with Gasteiger partial charge in [-0.1, -0.05) is 42.5 Å². The number of benzene rings is 1. The smallest absolute Gasteiger partial charge is 0.237 e. The van der Waals surface area contributed by atoms with Gasteiger partial charge < -0.3 is 4.90 Å². The van der Waals surface area contributed by atoms with Gasteiger partial charge in [-0.15, -0.1) is 13.2 Å². The van der Waals surface area contributed by atoms with E-state index in [0.29, 0.717) is 25.7 Å². The Labute approximate surface area is 128 Å². The van der Waals surface area contributed by atoms with Gasteiger partial charge in [0.15, 0.2) is 0 Å². The molecule has 0 heterocycles. The van der Waals surface area contributed by atoms with Crippen LogP contribution in [0.2, 0.25) is 0 Å². The van der Waals surface area contributed by atoms with Gasteiger partial charge in [0.2, 0.25) is 5.91 Å². The molecule has 21 heavy (non-hydrogen) atoms. The van der Waals surface area contributed by atoms with Gasteiger partial charge in [0.25, 0.3) is 0 Å². The number of carbonyl (C=O) groups is 1. The largest absolute Gasteiger partial charge is 0.334 e. The van der Waals surface area contributed by atoms with Crippen LogP contribution in [-0.4, -0.2) is 41.4 Å². The molecule has 0 bridgehead atoms. The first kappa shape index (κ1) is 17.2. The van der Waals surface area contributed by atoms with Crippen molar-refractivity contribution in [2.45, 2.75) is 26.4 Å². The first-order chi connectivity index (χ1) is 10.1. The molecule has 0 fully saturated rings. The standard InChI is InChI=1S/C18H26N2O/c1-5-12-19(13-6-2)18(21)15-20(16(3)4)14-17-10-8-7-9-11-17/h5-11,16H,1-2,12-15H2,3-4H3. The van der Waals surface area contributed by atoms with Crippen LogP contribution in [0.5, 0.6) is 0 Å². The van der Waals surface area contributed by atoms with Gasteiger partial charge in [-0.2, -0.15) is 0 Å². The van der Waals surface area contributed by atoms with Crippen LogP contribution in [0.3, 0.4) is 0 Å². The number of hydrogen-bond donors (Lipinski definition) is 0. The van der Waals surface area contributed by atoms with E-state index in [-0.39, 0.29) is 5.91 Å². The van der Waals surface area contributed by atoms with Crippen LogP contribution in [-0.2, 0) is 11.3 Å². The Morgan fingerprint density at radius 2 is 1.71 bits per heavy atom. The Bertz CT molecular complexity index is 444. The second-order valence-corrected chi connectivity index (χ2v) is 5.36. The lowest BCUT2D eigenvalue weighted by atomic mass is 10.2. The zero-order valence-corrected chi connectivity index (χ0v) is 13.2. The summed E-state index contributed by atoms with van der Waals surface area (Å²) in [5.41, 5.74) is 1.22. The summed E-state index contributed by atoms with van der Waals surface area (Å²) < 4.78 is 0. The third-order valence-electron chi connectivity index (χ3n) is 3.35. The summed E-state index contributed by atoms with van der Waals surface area (Å²) in [6.45, 7) is 13.9. The van der Waals surface area contributed by atoms with Crippen molar-refractivity contribution in [3.05, 3.63) is 61.2 Å². The van der Waals surface area contributed by atoms with Crippen molar-refractivity contribution >= 4 is 5.91 Å². The van der Waals surface area contributed by atoms with Crippen LogP contribution in [0.4, 0.5) is 0 Å². The highest BCUT2D eigenvalue weighted by atomic mass is 16.2. The molecule has 3 heteroatoms. The summed E-state index contributed by atoms with van der Waals surface area (Å²) in [5, 5.41) is 0. The van der Waals surface area contributed by atoms with Gasteiger partial charge >= 0.3 is 0 Å². The highest BCUT2D eigenvalue weighted by Gasteiger charge is 2.18. The lowest BCUT2D eigenvalue weighted by molar-refractivity contribution is -0.132. The van der Waals surface area contributed by atoms with E-state index >= 15 is 0 Å². The predicted molar refractivity (Wildman–Crippen MR) is 89.0 cm³/mol. The number of carbonyl (C=O) groups excluding carboxylic acids is 1. The first-order valence-electron chi connectivity index (χ1n) is 7.36. The van der Waals surface area contributed by atoms with Crippen LogP contribution < -0.4 is 0 Å². The second-order valence-electron chi connectivity index (χ2n) is 5.36. The van der Waals surface area contributed by atoms with Crippen molar-refractivity contribution in [1.82, 2.24) is 9.80 Å². The average molecular weight is 286 g/mol. The Morgan fingerprint density at radius 3 is 2.19 bits per heavy atom. The van der Waals surface area contributed by atoms with Crippen LogP contribution in [0.1, 0.15) is 19.4 Å². The van der Waals surface area contributed by atoms with Gasteiger partial charge in [-0.3, -0.25) is 9.69 Å². The maximum Gasteiger partial charge on any atom is 0.237 e. The molecule has 0 saturated heterocycles. The zero-order valence-electron chi connectivity index (χ0n) is 13.2.